The predicted octanol–water partition coefficient (Wildman–Crippen LogP) is 5.00. The number of carbonyl (C=O) groups excluding carboxylic acids is 1. The summed E-state index contributed by atoms with van der Waals surface area (Å²) in [6.07, 6.45) is 4.43. The fourth-order valence-corrected chi connectivity index (χ4v) is 4.65. The van der Waals surface area contributed by atoms with Crippen LogP contribution in [0.3, 0.4) is 0 Å². The van der Waals surface area contributed by atoms with Gasteiger partial charge in [-0.1, -0.05) is 54.6 Å². The molecule has 3 aromatic carbocycles. The third kappa shape index (κ3) is 5.13. The summed E-state index contributed by atoms with van der Waals surface area (Å²) in [6.45, 7) is 2.03. The van der Waals surface area contributed by atoms with Crippen molar-refractivity contribution in [1.82, 2.24) is 5.32 Å². The first kappa shape index (κ1) is 23.5. The van der Waals surface area contributed by atoms with Gasteiger partial charge in [0.15, 0.2) is 0 Å². The second-order valence-electron chi connectivity index (χ2n) is 8.49. The number of piperidine rings is 1. The summed E-state index contributed by atoms with van der Waals surface area (Å²) >= 11 is 0. The van der Waals surface area contributed by atoms with Crippen LogP contribution in [0, 0.1) is 0 Å². The van der Waals surface area contributed by atoms with Crippen molar-refractivity contribution in [2.45, 2.75) is 31.3 Å². The van der Waals surface area contributed by atoms with E-state index in [-0.39, 0.29) is 11.6 Å². The number of rotatable bonds is 9. The van der Waals surface area contributed by atoms with Crippen LogP contribution in [-0.4, -0.2) is 37.6 Å². The Labute approximate surface area is 200 Å². The number of benzene rings is 3. The summed E-state index contributed by atoms with van der Waals surface area (Å²) in [7, 11) is 1.48. The second-order valence-corrected chi connectivity index (χ2v) is 8.49. The molecule has 0 amide bonds. The molecule has 6 nitrogen and oxygen atoms in total. The Hall–Kier alpha value is -3.64. The van der Waals surface area contributed by atoms with Gasteiger partial charge in [-0.3, -0.25) is 5.32 Å². The number of aldehydes is 1. The van der Waals surface area contributed by atoms with Gasteiger partial charge >= 0.3 is 5.97 Å². The number of hydrogen-bond acceptors (Lipinski definition) is 5. The maximum atomic E-state index is 12.3. The molecule has 4 rings (SSSR count). The average molecular weight is 459 g/mol. The molecule has 0 aliphatic carbocycles. The molecule has 1 aliphatic heterocycles. The quantitative estimate of drug-likeness (QED) is 0.439. The van der Waals surface area contributed by atoms with Gasteiger partial charge in [0.2, 0.25) is 0 Å². The second kappa shape index (κ2) is 11.0. The van der Waals surface area contributed by atoms with E-state index in [9.17, 15) is 14.7 Å². The highest BCUT2D eigenvalue weighted by molar-refractivity contribution is 5.88. The number of para-hydroxylation sites is 1. The highest BCUT2D eigenvalue weighted by Crippen LogP contribution is 2.35. The number of carbonyl (C=O) groups is 2. The van der Waals surface area contributed by atoms with Crippen molar-refractivity contribution in [2.75, 3.05) is 25.1 Å². The van der Waals surface area contributed by atoms with Gasteiger partial charge < -0.3 is 19.5 Å². The first-order valence-electron chi connectivity index (χ1n) is 11.6. The first-order valence-corrected chi connectivity index (χ1v) is 11.6. The summed E-state index contributed by atoms with van der Waals surface area (Å²) in [5.74, 6) is -0.682. The Morgan fingerprint density at radius 2 is 1.68 bits per heavy atom. The van der Waals surface area contributed by atoms with Crippen molar-refractivity contribution in [3.63, 3.8) is 0 Å². The fraction of sp³-hybridized carbons (Fsp3) is 0.286. The summed E-state index contributed by atoms with van der Waals surface area (Å²) in [5.41, 5.74) is 4.02. The molecule has 34 heavy (non-hydrogen) atoms. The Bertz CT molecular complexity index is 1130. The van der Waals surface area contributed by atoms with E-state index in [4.69, 9.17) is 4.74 Å². The minimum atomic E-state index is -1.04. The number of carboxylic acid groups (broad SMARTS) is 1. The van der Waals surface area contributed by atoms with E-state index in [2.05, 4.69) is 40.5 Å². The van der Waals surface area contributed by atoms with Gasteiger partial charge in [-0.05, 0) is 48.6 Å². The molecule has 0 bridgehead atoms. The highest BCUT2D eigenvalue weighted by Gasteiger charge is 2.26. The topological polar surface area (TPSA) is 78.9 Å². The highest BCUT2D eigenvalue weighted by atomic mass is 16.5. The predicted molar refractivity (Wildman–Crippen MR) is 133 cm³/mol. The number of methoxy groups -OCH3 is 1. The number of hydrogen-bond donors (Lipinski definition) is 2. The molecule has 2 N–H and O–H groups in total. The normalized spacial score (nSPS) is 15.4. The van der Waals surface area contributed by atoms with Crippen LogP contribution in [0.2, 0.25) is 0 Å². The van der Waals surface area contributed by atoms with Gasteiger partial charge in [0, 0.05) is 24.3 Å². The van der Waals surface area contributed by atoms with Gasteiger partial charge in [-0.2, -0.15) is 0 Å². The van der Waals surface area contributed by atoms with Gasteiger partial charge in [0.05, 0.1) is 24.8 Å². The number of ether oxygens (including phenoxy) is 1. The van der Waals surface area contributed by atoms with Gasteiger partial charge in [0.25, 0.3) is 0 Å². The smallest absolute Gasteiger partial charge is 0.335 e. The fourth-order valence-electron chi connectivity index (χ4n) is 4.65. The van der Waals surface area contributed by atoms with Crippen molar-refractivity contribution >= 4 is 17.9 Å². The lowest BCUT2D eigenvalue weighted by Gasteiger charge is -2.34. The summed E-state index contributed by atoms with van der Waals surface area (Å²) in [5, 5.41) is 12.9. The van der Waals surface area contributed by atoms with E-state index in [1.807, 2.05) is 24.3 Å². The number of anilines is 1. The number of nitrogens with one attached hydrogen (secondary N) is 1. The zero-order valence-corrected chi connectivity index (χ0v) is 19.3. The molecule has 0 radical (unpaired) electrons. The third-order valence-electron chi connectivity index (χ3n) is 6.38. The Kier molecular flexibility index (Phi) is 7.60. The van der Waals surface area contributed by atoms with Crippen molar-refractivity contribution in [1.29, 1.82) is 0 Å². The lowest BCUT2D eigenvalue weighted by atomic mass is 9.93. The van der Waals surface area contributed by atoms with Crippen LogP contribution < -0.4 is 15.0 Å². The SMILES string of the molecule is COc1cc(C(=O)O)ccc1C(C=O)NC(c1ccccc1)c1ccccc1N1CCCCC1. The number of aromatic carboxylic acids is 1. The molecule has 0 aromatic heterocycles. The minimum absolute atomic E-state index is 0.111. The van der Waals surface area contributed by atoms with E-state index in [0.29, 0.717) is 11.3 Å². The first-order chi connectivity index (χ1) is 16.6. The van der Waals surface area contributed by atoms with Gasteiger partial charge in [-0.25, -0.2) is 4.79 Å². The maximum absolute atomic E-state index is 12.3. The molecule has 6 heteroatoms. The molecule has 3 aromatic rings. The van der Waals surface area contributed by atoms with Gasteiger partial charge in [0.1, 0.15) is 12.0 Å². The molecule has 1 fully saturated rings. The summed E-state index contributed by atoms with van der Waals surface area (Å²) < 4.78 is 5.46. The van der Waals surface area contributed by atoms with Crippen molar-refractivity contribution in [3.05, 3.63) is 95.1 Å². The minimum Gasteiger partial charge on any atom is -0.496 e. The van der Waals surface area contributed by atoms with Gasteiger partial charge in [-0.15, -0.1) is 0 Å². The van der Waals surface area contributed by atoms with Crippen LogP contribution in [-0.2, 0) is 4.79 Å². The Morgan fingerprint density at radius 1 is 0.971 bits per heavy atom. The molecule has 0 spiro atoms. The van der Waals surface area contributed by atoms with E-state index in [0.717, 1.165) is 30.5 Å². The molecule has 2 unspecified atom stereocenters. The standard InChI is InChI=1S/C28H30N2O4/c1-34-26-18-21(28(32)33)14-15-22(26)24(19-31)29-27(20-10-4-2-5-11-20)23-12-6-7-13-25(23)30-16-8-3-9-17-30/h2,4-7,10-15,18-19,24,27,29H,3,8-9,16-17H2,1H3,(H,32,33). The molecule has 0 saturated carbocycles. The Morgan fingerprint density at radius 3 is 2.35 bits per heavy atom. The molecule has 1 aliphatic rings. The molecule has 1 saturated heterocycles. The van der Waals surface area contributed by atoms with Crippen LogP contribution in [0.5, 0.6) is 5.75 Å². The third-order valence-corrected chi connectivity index (χ3v) is 6.38. The molecular weight excluding hydrogens is 428 g/mol. The number of nitrogens with zero attached hydrogens (tertiary/aromatic N) is 1. The van der Waals surface area contributed by atoms with Crippen LogP contribution in [0.15, 0.2) is 72.8 Å². The number of carboxylic acids is 1. The summed E-state index contributed by atoms with van der Waals surface area (Å²) in [6, 6.07) is 22.1. The van der Waals surface area contributed by atoms with Crippen molar-refractivity contribution < 1.29 is 19.4 Å². The van der Waals surface area contributed by atoms with E-state index in [1.54, 1.807) is 6.07 Å². The largest absolute Gasteiger partial charge is 0.496 e. The molecule has 176 valence electrons. The van der Waals surface area contributed by atoms with Crippen molar-refractivity contribution in [2.24, 2.45) is 0 Å². The monoisotopic (exact) mass is 458 g/mol. The van der Waals surface area contributed by atoms with Crippen LogP contribution in [0.25, 0.3) is 0 Å². The van der Waals surface area contributed by atoms with E-state index in [1.165, 1.54) is 44.2 Å². The summed E-state index contributed by atoms with van der Waals surface area (Å²) in [4.78, 5) is 26.2. The van der Waals surface area contributed by atoms with Crippen LogP contribution in [0.4, 0.5) is 5.69 Å². The van der Waals surface area contributed by atoms with E-state index < -0.39 is 12.0 Å². The average Bonchev–Trinajstić information content (AvgIpc) is 2.90. The molecule has 2 atom stereocenters. The zero-order valence-electron chi connectivity index (χ0n) is 19.3. The maximum Gasteiger partial charge on any atom is 0.335 e. The zero-order chi connectivity index (χ0) is 23.9. The van der Waals surface area contributed by atoms with Crippen molar-refractivity contribution in [3.8, 4) is 5.75 Å². The lowest BCUT2D eigenvalue weighted by Crippen LogP contribution is -2.33. The lowest BCUT2D eigenvalue weighted by molar-refractivity contribution is -0.109. The van der Waals surface area contributed by atoms with Crippen LogP contribution >= 0.6 is 0 Å². The molecule has 1 heterocycles. The molecular formula is C28H30N2O4. The Balaban J connectivity index is 1.75. The van der Waals surface area contributed by atoms with Crippen LogP contribution in [0.1, 0.15) is 58.4 Å². The van der Waals surface area contributed by atoms with E-state index >= 15 is 0 Å².